The first-order valence-corrected chi connectivity index (χ1v) is 7.17. The van der Waals surface area contributed by atoms with Crippen molar-refractivity contribution in [1.82, 2.24) is 5.32 Å². The first-order valence-electron chi connectivity index (χ1n) is 6.29. The second-order valence-electron chi connectivity index (χ2n) is 4.46. The van der Waals surface area contributed by atoms with Crippen LogP contribution in [0.4, 0.5) is 5.69 Å². The van der Waals surface area contributed by atoms with E-state index in [0.717, 1.165) is 17.8 Å². The summed E-state index contributed by atoms with van der Waals surface area (Å²) >= 11 is 1.75. The van der Waals surface area contributed by atoms with Gasteiger partial charge in [0.2, 0.25) is 5.91 Å². The molecule has 0 unspecified atom stereocenters. The van der Waals surface area contributed by atoms with Gasteiger partial charge in [0.25, 0.3) is 0 Å². The molecule has 0 spiro atoms. The molecule has 0 saturated heterocycles. The van der Waals surface area contributed by atoms with Crippen LogP contribution in [-0.4, -0.2) is 5.91 Å². The van der Waals surface area contributed by atoms with Gasteiger partial charge in [0, 0.05) is 30.1 Å². The standard InChI is InChI=1S/C15H18N2OS/c1-11(15-8-5-9-19-15)16-10-13-6-3-4-7-14(13)17-12(2)18/h3-9,11,16H,10H2,1-2H3,(H,17,18)/t11-/m0/s1. The van der Waals surface area contributed by atoms with Crippen molar-refractivity contribution in [3.63, 3.8) is 0 Å². The van der Waals surface area contributed by atoms with Crippen LogP contribution < -0.4 is 10.6 Å². The molecule has 0 bridgehead atoms. The summed E-state index contributed by atoms with van der Waals surface area (Å²) in [5.41, 5.74) is 1.97. The third kappa shape index (κ3) is 3.91. The van der Waals surface area contributed by atoms with E-state index in [-0.39, 0.29) is 5.91 Å². The van der Waals surface area contributed by atoms with E-state index in [4.69, 9.17) is 0 Å². The van der Waals surface area contributed by atoms with Gasteiger partial charge in [0.05, 0.1) is 0 Å². The molecular weight excluding hydrogens is 256 g/mol. The van der Waals surface area contributed by atoms with E-state index >= 15 is 0 Å². The molecule has 19 heavy (non-hydrogen) atoms. The van der Waals surface area contributed by atoms with Crippen LogP contribution in [0.1, 0.15) is 30.3 Å². The monoisotopic (exact) mass is 274 g/mol. The molecule has 1 atom stereocenters. The Labute approximate surface area is 117 Å². The van der Waals surface area contributed by atoms with E-state index in [9.17, 15) is 4.79 Å². The van der Waals surface area contributed by atoms with Crippen molar-refractivity contribution in [2.45, 2.75) is 26.4 Å². The van der Waals surface area contributed by atoms with Crippen molar-refractivity contribution in [2.75, 3.05) is 5.32 Å². The normalized spacial score (nSPS) is 12.1. The largest absolute Gasteiger partial charge is 0.326 e. The highest BCUT2D eigenvalue weighted by Crippen LogP contribution is 2.20. The van der Waals surface area contributed by atoms with Crippen molar-refractivity contribution >= 4 is 22.9 Å². The van der Waals surface area contributed by atoms with Crippen molar-refractivity contribution in [3.8, 4) is 0 Å². The van der Waals surface area contributed by atoms with Crippen molar-refractivity contribution in [2.24, 2.45) is 0 Å². The number of anilines is 1. The number of carbonyl (C=O) groups excluding carboxylic acids is 1. The minimum Gasteiger partial charge on any atom is -0.326 e. The highest BCUT2D eigenvalue weighted by molar-refractivity contribution is 7.10. The van der Waals surface area contributed by atoms with Crippen LogP contribution in [0.25, 0.3) is 0 Å². The maximum Gasteiger partial charge on any atom is 0.221 e. The van der Waals surface area contributed by atoms with Crippen LogP contribution in [0.5, 0.6) is 0 Å². The van der Waals surface area contributed by atoms with Gasteiger partial charge in [0.15, 0.2) is 0 Å². The topological polar surface area (TPSA) is 41.1 Å². The van der Waals surface area contributed by atoms with Crippen molar-refractivity contribution < 1.29 is 4.79 Å². The number of nitrogens with one attached hydrogen (secondary N) is 2. The summed E-state index contributed by atoms with van der Waals surface area (Å²) in [5, 5.41) is 8.41. The third-order valence-corrected chi connectivity index (χ3v) is 3.95. The molecule has 0 radical (unpaired) electrons. The SMILES string of the molecule is CC(=O)Nc1ccccc1CN[C@@H](C)c1cccs1. The van der Waals surface area contributed by atoms with E-state index in [0.29, 0.717) is 6.04 Å². The zero-order chi connectivity index (χ0) is 13.7. The summed E-state index contributed by atoms with van der Waals surface area (Å²) in [7, 11) is 0. The summed E-state index contributed by atoms with van der Waals surface area (Å²) in [6, 6.07) is 12.4. The van der Waals surface area contributed by atoms with Crippen LogP contribution in [0, 0.1) is 0 Å². The fraction of sp³-hybridized carbons (Fsp3) is 0.267. The molecular formula is C15H18N2OS. The van der Waals surface area contributed by atoms with Gasteiger partial charge in [-0.3, -0.25) is 4.79 Å². The number of carbonyl (C=O) groups is 1. The van der Waals surface area contributed by atoms with Gasteiger partial charge >= 0.3 is 0 Å². The second-order valence-corrected chi connectivity index (χ2v) is 5.44. The van der Waals surface area contributed by atoms with Gasteiger partial charge in [-0.05, 0) is 30.0 Å². The highest BCUT2D eigenvalue weighted by Gasteiger charge is 2.08. The Morgan fingerprint density at radius 1 is 1.26 bits per heavy atom. The Hall–Kier alpha value is -1.65. The van der Waals surface area contributed by atoms with Crippen LogP contribution in [0.15, 0.2) is 41.8 Å². The lowest BCUT2D eigenvalue weighted by atomic mass is 10.1. The number of para-hydroxylation sites is 1. The first kappa shape index (κ1) is 13.8. The lowest BCUT2D eigenvalue weighted by molar-refractivity contribution is -0.114. The zero-order valence-electron chi connectivity index (χ0n) is 11.1. The molecule has 0 aliphatic carbocycles. The molecule has 4 heteroatoms. The van der Waals surface area contributed by atoms with Gasteiger partial charge in [-0.15, -0.1) is 11.3 Å². The number of rotatable bonds is 5. The summed E-state index contributed by atoms with van der Waals surface area (Å²) in [6.45, 7) is 4.40. The van der Waals surface area contributed by atoms with Crippen LogP contribution in [-0.2, 0) is 11.3 Å². The van der Waals surface area contributed by atoms with Gasteiger partial charge < -0.3 is 10.6 Å². The summed E-state index contributed by atoms with van der Waals surface area (Å²) in [6.07, 6.45) is 0. The Morgan fingerprint density at radius 3 is 2.74 bits per heavy atom. The predicted molar refractivity (Wildman–Crippen MR) is 80.3 cm³/mol. The first-order chi connectivity index (χ1) is 9.16. The maximum absolute atomic E-state index is 11.2. The third-order valence-electron chi connectivity index (χ3n) is 2.90. The summed E-state index contributed by atoms with van der Waals surface area (Å²) in [5.74, 6) is -0.0428. The molecule has 0 fully saturated rings. The number of amides is 1. The van der Waals surface area contributed by atoms with Crippen LogP contribution >= 0.6 is 11.3 Å². The van der Waals surface area contributed by atoms with E-state index in [1.807, 2.05) is 24.3 Å². The molecule has 1 heterocycles. The fourth-order valence-corrected chi connectivity index (χ4v) is 2.65. The lowest BCUT2D eigenvalue weighted by Gasteiger charge is -2.14. The average molecular weight is 274 g/mol. The Morgan fingerprint density at radius 2 is 2.05 bits per heavy atom. The van der Waals surface area contributed by atoms with Gasteiger partial charge in [-0.2, -0.15) is 0 Å². The quantitative estimate of drug-likeness (QED) is 0.875. The Bertz CT molecular complexity index is 537. The smallest absolute Gasteiger partial charge is 0.221 e. The number of thiophene rings is 1. The Kier molecular flexibility index (Phi) is 4.71. The molecule has 2 N–H and O–H groups in total. The Balaban J connectivity index is 2.01. The number of hydrogen-bond acceptors (Lipinski definition) is 3. The highest BCUT2D eigenvalue weighted by atomic mass is 32.1. The van der Waals surface area contributed by atoms with Gasteiger partial charge in [-0.1, -0.05) is 24.3 Å². The van der Waals surface area contributed by atoms with Gasteiger partial charge in [0.1, 0.15) is 0 Å². The molecule has 0 saturated carbocycles. The average Bonchev–Trinajstić information content (AvgIpc) is 2.90. The van der Waals surface area contributed by atoms with E-state index in [1.54, 1.807) is 11.3 Å². The van der Waals surface area contributed by atoms with E-state index < -0.39 is 0 Å². The van der Waals surface area contributed by atoms with Gasteiger partial charge in [-0.25, -0.2) is 0 Å². The zero-order valence-corrected chi connectivity index (χ0v) is 12.0. The molecule has 0 aliphatic heterocycles. The molecule has 2 aromatic rings. The lowest BCUT2D eigenvalue weighted by Crippen LogP contribution is -2.18. The molecule has 1 aromatic heterocycles. The second kappa shape index (κ2) is 6.50. The van der Waals surface area contributed by atoms with Crippen LogP contribution in [0.3, 0.4) is 0 Å². The molecule has 1 aromatic carbocycles. The summed E-state index contributed by atoms with van der Waals surface area (Å²) in [4.78, 5) is 12.5. The molecule has 100 valence electrons. The van der Waals surface area contributed by atoms with E-state index in [2.05, 4.69) is 35.1 Å². The van der Waals surface area contributed by atoms with Crippen molar-refractivity contribution in [1.29, 1.82) is 0 Å². The summed E-state index contributed by atoms with van der Waals surface area (Å²) < 4.78 is 0. The molecule has 3 nitrogen and oxygen atoms in total. The number of hydrogen-bond donors (Lipinski definition) is 2. The molecule has 2 rings (SSSR count). The molecule has 0 aliphatic rings. The van der Waals surface area contributed by atoms with E-state index in [1.165, 1.54) is 11.8 Å². The van der Waals surface area contributed by atoms with Crippen molar-refractivity contribution in [3.05, 3.63) is 52.2 Å². The predicted octanol–water partition coefficient (Wildman–Crippen LogP) is 3.56. The van der Waals surface area contributed by atoms with Crippen LogP contribution in [0.2, 0.25) is 0 Å². The fourth-order valence-electron chi connectivity index (χ4n) is 1.89. The number of benzene rings is 1. The maximum atomic E-state index is 11.2. The minimum atomic E-state index is -0.0428. The molecule has 1 amide bonds. The minimum absolute atomic E-state index is 0.0428.